The van der Waals surface area contributed by atoms with Crippen LogP contribution in [0.3, 0.4) is 0 Å². The number of hydrogen-bond donors (Lipinski definition) is 0. The third kappa shape index (κ3) is 1.65. The van der Waals surface area contributed by atoms with Crippen molar-refractivity contribution >= 4 is 0 Å². The van der Waals surface area contributed by atoms with Crippen molar-refractivity contribution in [3.8, 4) is 23.5 Å². The monoisotopic (exact) mass is 179 g/mol. The van der Waals surface area contributed by atoms with E-state index in [0.717, 1.165) is 16.7 Å². The van der Waals surface area contributed by atoms with E-state index < -0.39 is 0 Å². The van der Waals surface area contributed by atoms with Crippen molar-refractivity contribution < 1.29 is 0 Å². The quantitative estimate of drug-likeness (QED) is 0.613. The summed E-state index contributed by atoms with van der Waals surface area (Å²) in [4.78, 5) is 3.97. The molecule has 0 bridgehead atoms. The summed E-state index contributed by atoms with van der Waals surface area (Å²) < 4.78 is 0. The van der Waals surface area contributed by atoms with Crippen LogP contribution in [0.2, 0.25) is 0 Å². The smallest absolute Gasteiger partial charge is 0.0273 e. The first-order chi connectivity index (χ1) is 6.90. The first-order valence-corrected chi connectivity index (χ1v) is 4.37. The van der Waals surface area contributed by atoms with Gasteiger partial charge in [0.1, 0.15) is 0 Å². The minimum atomic E-state index is 0.905. The lowest BCUT2D eigenvalue weighted by molar-refractivity contribution is 1.33. The Labute approximate surface area is 83.4 Å². The molecule has 14 heavy (non-hydrogen) atoms. The second kappa shape index (κ2) is 3.76. The molecule has 0 N–H and O–H groups in total. The van der Waals surface area contributed by atoms with Crippen LogP contribution in [0.1, 0.15) is 5.56 Å². The lowest BCUT2D eigenvalue weighted by Crippen LogP contribution is -1.79. The molecule has 1 heteroatoms. The predicted octanol–water partition coefficient (Wildman–Crippen LogP) is 2.73. The molecule has 1 aromatic heterocycles. The van der Waals surface area contributed by atoms with Crippen molar-refractivity contribution in [3.63, 3.8) is 0 Å². The van der Waals surface area contributed by atoms with Gasteiger partial charge in [0.2, 0.25) is 0 Å². The van der Waals surface area contributed by atoms with Crippen LogP contribution in [0, 0.1) is 12.3 Å². The van der Waals surface area contributed by atoms with Gasteiger partial charge in [-0.2, -0.15) is 0 Å². The maximum Gasteiger partial charge on any atom is 0.0273 e. The molecular weight excluding hydrogens is 170 g/mol. The average Bonchev–Trinajstić information content (AvgIpc) is 2.30. The molecule has 0 fully saturated rings. The van der Waals surface area contributed by atoms with Crippen LogP contribution in [0.4, 0.5) is 0 Å². The normalized spacial score (nSPS) is 9.36. The van der Waals surface area contributed by atoms with Gasteiger partial charge in [0, 0.05) is 18.0 Å². The molecule has 0 aliphatic heterocycles. The molecule has 0 radical (unpaired) electrons. The van der Waals surface area contributed by atoms with Crippen molar-refractivity contribution in [2.24, 2.45) is 0 Å². The molecule has 0 amide bonds. The summed E-state index contributed by atoms with van der Waals surface area (Å²) in [5.74, 6) is 2.59. The van der Waals surface area contributed by atoms with Gasteiger partial charge in [0.15, 0.2) is 0 Å². The van der Waals surface area contributed by atoms with Gasteiger partial charge in [-0.15, -0.1) is 6.42 Å². The highest BCUT2D eigenvalue weighted by atomic mass is 14.6. The molecule has 2 aromatic rings. The van der Waals surface area contributed by atoms with Crippen LogP contribution in [-0.4, -0.2) is 4.98 Å². The molecule has 0 unspecified atom stereocenters. The Hall–Kier alpha value is -2.07. The van der Waals surface area contributed by atoms with Crippen LogP contribution in [-0.2, 0) is 0 Å². The fourth-order valence-corrected chi connectivity index (χ4v) is 1.30. The van der Waals surface area contributed by atoms with Crippen LogP contribution in [0.5, 0.6) is 0 Å². The lowest BCUT2D eigenvalue weighted by Gasteiger charge is -2.00. The third-order valence-corrected chi connectivity index (χ3v) is 2.07. The van der Waals surface area contributed by atoms with E-state index in [9.17, 15) is 0 Å². The van der Waals surface area contributed by atoms with E-state index in [2.05, 4.69) is 10.9 Å². The highest BCUT2D eigenvalue weighted by molar-refractivity contribution is 5.63. The number of hydrogen-bond acceptors (Lipinski definition) is 1. The van der Waals surface area contributed by atoms with E-state index in [-0.39, 0.29) is 0 Å². The molecule has 1 nitrogen and oxygen atoms in total. The Kier molecular flexibility index (Phi) is 2.29. The highest BCUT2D eigenvalue weighted by Gasteiger charge is 1.95. The Bertz CT molecular complexity index is 449. The summed E-state index contributed by atoms with van der Waals surface area (Å²) in [6, 6.07) is 11.9. The van der Waals surface area contributed by atoms with E-state index in [1.165, 1.54) is 0 Å². The number of nitrogens with zero attached hydrogens (tertiary/aromatic N) is 1. The van der Waals surface area contributed by atoms with Gasteiger partial charge < -0.3 is 0 Å². The third-order valence-electron chi connectivity index (χ3n) is 2.07. The Balaban J connectivity index is 2.40. The second-order valence-corrected chi connectivity index (χ2v) is 2.96. The van der Waals surface area contributed by atoms with E-state index in [0.29, 0.717) is 0 Å². The first-order valence-electron chi connectivity index (χ1n) is 4.37. The Morgan fingerprint density at radius 3 is 2.00 bits per heavy atom. The minimum absolute atomic E-state index is 0.905. The average molecular weight is 179 g/mol. The molecule has 2 rings (SSSR count). The number of terminal acetylenes is 1. The molecule has 0 atom stereocenters. The van der Waals surface area contributed by atoms with E-state index in [1.54, 1.807) is 12.4 Å². The van der Waals surface area contributed by atoms with Gasteiger partial charge in [-0.3, -0.25) is 4.98 Å². The van der Waals surface area contributed by atoms with Crippen molar-refractivity contribution in [1.82, 2.24) is 4.98 Å². The van der Waals surface area contributed by atoms with E-state index in [4.69, 9.17) is 6.42 Å². The van der Waals surface area contributed by atoms with Crippen molar-refractivity contribution in [3.05, 3.63) is 54.4 Å². The second-order valence-electron chi connectivity index (χ2n) is 2.96. The number of pyridine rings is 1. The maximum atomic E-state index is 5.28. The van der Waals surface area contributed by atoms with Crippen LogP contribution in [0.25, 0.3) is 11.1 Å². The summed E-state index contributed by atoms with van der Waals surface area (Å²) in [5, 5.41) is 0. The molecule has 1 aromatic carbocycles. The summed E-state index contributed by atoms with van der Waals surface area (Å²) in [5.41, 5.74) is 3.22. The lowest BCUT2D eigenvalue weighted by atomic mass is 10.1. The largest absolute Gasteiger partial charge is 0.265 e. The van der Waals surface area contributed by atoms with Crippen molar-refractivity contribution in [2.45, 2.75) is 0 Å². The molecule has 0 saturated heterocycles. The minimum Gasteiger partial charge on any atom is -0.265 e. The topological polar surface area (TPSA) is 12.9 Å². The number of rotatable bonds is 1. The van der Waals surface area contributed by atoms with E-state index >= 15 is 0 Å². The van der Waals surface area contributed by atoms with Gasteiger partial charge in [-0.05, 0) is 35.4 Å². The van der Waals surface area contributed by atoms with Crippen molar-refractivity contribution in [2.75, 3.05) is 0 Å². The zero-order valence-electron chi connectivity index (χ0n) is 7.64. The SMILES string of the molecule is C#Cc1ccc(-c2ccncc2)cc1. The fourth-order valence-electron chi connectivity index (χ4n) is 1.30. The van der Waals surface area contributed by atoms with Crippen LogP contribution in [0.15, 0.2) is 48.8 Å². The summed E-state index contributed by atoms with van der Waals surface area (Å²) >= 11 is 0. The molecule has 66 valence electrons. The van der Waals surface area contributed by atoms with Crippen LogP contribution >= 0.6 is 0 Å². The first kappa shape index (κ1) is 8.52. The molecule has 0 aliphatic rings. The molecule has 0 spiro atoms. The number of benzene rings is 1. The van der Waals surface area contributed by atoms with Crippen LogP contribution < -0.4 is 0 Å². The molecule has 1 heterocycles. The number of aromatic nitrogens is 1. The highest BCUT2D eigenvalue weighted by Crippen LogP contribution is 2.18. The Morgan fingerprint density at radius 1 is 0.857 bits per heavy atom. The van der Waals surface area contributed by atoms with Gasteiger partial charge in [0.05, 0.1) is 0 Å². The van der Waals surface area contributed by atoms with E-state index in [1.807, 2.05) is 36.4 Å². The zero-order valence-corrected chi connectivity index (χ0v) is 7.64. The summed E-state index contributed by atoms with van der Waals surface area (Å²) in [6.07, 6.45) is 8.84. The molecular formula is C13H9N. The van der Waals surface area contributed by atoms with Gasteiger partial charge >= 0.3 is 0 Å². The van der Waals surface area contributed by atoms with Gasteiger partial charge in [-0.1, -0.05) is 18.1 Å². The fraction of sp³-hybridized carbons (Fsp3) is 0. The Morgan fingerprint density at radius 2 is 1.43 bits per heavy atom. The molecule has 0 aliphatic carbocycles. The van der Waals surface area contributed by atoms with Gasteiger partial charge in [0.25, 0.3) is 0 Å². The maximum absolute atomic E-state index is 5.28. The van der Waals surface area contributed by atoms with Gasteiger partial charge in [-0.25, -0.2) is 0 Å². The molecule has 0 saturated carbocycles. The van der Waals surface area contributed by atoms with Crippen molar-refractivity contribution in [1.29, 1.82) is 0 Å². The standard InChI is InChI=1S/C13H9N/c1-2-11-3-5-12(6-4-11)13-7-9-14-10-8-13/h1,3-10H. The summed E-state index contributed by atoms with van der Waals surface area (Å²) in [6.45, 7) is 0. The summed E-state index contributed by atoms with van der Waals surface area (Å²) in [7, 11) is 0. The zero-order chi connectivity index (χ0) is 9.80. The predicted molar refractivity (Wildman–Crippen MR) is 57.6 cm³/mol.